The number of aldehydes is 1. The van der Waals surface area contributed by atoms with Gasteiger partial charge in [0, 0.05) is 12.6 Å². The van der Waals surface area contributed by atoms with E-state index in [9.17, 15) is 4.79 Å². The molecular formula is C14H10N2O2. The Morgan fingerprint density at radius 1 is 1.22 bits per heavy atom. The van der Waals surface area contributed by atoms with Crippen LogP contribution in [0.5, 0.6) is 0 Å². The summed E-state index contributed by atoms with van der Waals surface area (Å²) >= 11 is 0. The molecule has 0 N–H and O–H groups in total. The van der Waals surface area contributed by atoms with Crippen molar-refractivity contribution in [3.63, 3.8) is 0 Å². The summed E-state index contributed by atoms with van der Waals surface area (Å²) in [5.74, 6) is 0.494. The summed E-state index contributed by atoms with van der Waals surface area (Å²) in [6.07, 6.45) is 2.95. The molecule has 2 heterocycles. The third-order valence-electron chi connectivity index (χ3n) is 2.66. The number of aromatic nitrogens is 2. The second-order valence-corrected chi connectivity index (χ2v) is 3.91. The van der Waals surface area contributed by atoms with Crippen molar-refractivity contribution in [1.29, 1.82) is 0 Å². The molecule has 0 aliphatic heterocycles. The van der Waals surface area contributed by atoms with Gasteiger partial charge in [-0.2, -0.15) is 0 Å². The van der Waals surface area contributed by atoms with E-state index in [2.05, 4.69) is 9.97 Å². The Hall–Kier alpha value is -2.49. The van der Waals surface area contributed by atoms with Crippen molar-refractivity contribution < 1.29 is 9.21 Å². The number of carbonyl (C=O) groups is 1. The van der Waals surface area contributed by atoms with E-state index in [4.69, 9.17) is 4.42 Å². The lowest BCUT2D eigenvalue weighted by Crippen LogP contribution is -1.84. The number of fused-ring (bicyclic) bond motifs is 1. The predicted molar refractivity (Wildman–Crippen MR) is 67.0 cm³/mol. The van der Waals surface area contributed by atoms with Gasteiger partial charge < -0.3 is 9.21 Å². The lowest BCUT2D eigenvalue weighted by molar-refractivity contribution is -0.107. The first kappa shape index (κ1) is 10.7. The molecule has 0 amide bonds. The normalized spacial score (nSPS) is 10.7. The molecule has 0 aliphatic rings. The van der Waals surface area contributed by atoms with Gasteiger partial charge in [0.05, 0.1) is 0 Å². The molecule has 3 rings (SSSR count). The molecule has 0 saturated heterocycles. The minimum Gasteiger partial charge on any atom is -0.435 e. The quantitative estimate of drug-likeness (QED) is 0.658. The van der Waals surface area contributed by atoms with Crippen molar-refractivity contribution in [2.24, 2.45) is 0 Å². The summed E-state index contributed by atoms with van der Waals surface area (Å²) in [4.78, 5) is 19.0. The number of hydrogen-bond donors (Lipinski definition) is 0. The molecule has 0 aliphatic carbocycles. The highest BCUT2D eigenvalue weighted by molar-refractivity contribution is 5.77. The first-order chi connectivity index (χ1) is 8.86. The van der Waals surface area contributed by atoms with Crippen LogP contribution in [0.25, 0.3) is 22.7 Å². The van der Waals surface area contributed by atoms with Gasteiger partial charge in [-0.15, -0.1) is 0 Å². The van der Waals surface area contributed by atoms with Crippen molar-refractivity contribution in [2.45, 2.75) is 6.42 Å². The summed E-state index contributed by atoms with van der Waals surface area (Å²) in [6, 6.07) is 11.1. The number of benzene rings is 1. The van der Waals surface area contributed by atoms with Crippen LogP contribution in [0, 0.1) is 0 Å². The maximum Gasteiger partial charge on any atom is 0.246 e. The van der Waals surface area contributed by atoms with E-state index >= 15 is 0 Å². The highest BCUT2D eigenvalue weighted by Crippen LogP contribution is 2.23. The van der Waals surface area contributed by atoms with Crippen LogP contribution < -0.4 is 0 Å². The molecule has 0 atom stereocenters. The second-order valence-electron chi connectivity index (χ2n) is 3.91. The smallest absolute Gasteiger partial charge is 0.246 e. The third-order valence-corrected chi connectivity index (χ3v) is 2.66. The Kier molecular flexibility index (Phi) is 2.61. The van der Waals surface area contributed by atoms with Gasteiger partial charge in [-0.05, 0) is 29.8 Å². The second kappa shape index (κ2) is 4.41. The molecule has 4 nitrogen and oxygen atoms in total. The minimum atomic E-state index is 0.384. The molecular weight excluding hydrogens is 228 g/mol. The monoisotopic (exact) mass is 238 g/mol. The topological polar surface area (TPSA) is 56.0 Å². The zero-order valence-corrected chi connectivity index (χ0v) is 9.54. The van der Waals surface area contributed by atoms with Gasteiger partial charge in [-0.25, -0.2) is 4.98 Å². The number of pyridine rings is 1. The molecule has 0 radical (unpaired) electrons. The maximum atomic E-state index is 10.5. The Morgan fingerprint density at radius 2 is 2.17 bits per heavy atom. The standard InChI is InChI=1S/C14H10N2O2/c17-8-6-10-4-5-11-13(9-10)18-14(16-11)12-3-1-2-7-15-12/h1-5,7-9H,6H2. The first-order valence-electron chi connectivity index (χ1n) is 5.61. The lowest BCUT2D eigenvalue weighted by Gasteiger charge is -1.92. The number of carbonyl (C=O) groups excluding carboxylic acids is 1. The average molecular weight is 238 g/mol. The van der Waals surface area contributed by atoms with Gasteiger partial charge in [0.15, 0.2) is 5.58 Å². The average Bonchev–Trinajstić information content (AvgIpc) is 2.83. The van der Waals surface area contributed by atoms with Gasteiger partial charge in [0.25, 0.3) is 0 Å². The van der Waals surface area contributed by atoms with E-state index in [1.807, 2.05) is 36.4 Å². The summed E-state index contributed by atoms with van der Waals surface area (Å²) in [6.45, 7) is 0. The number of rotatable bonds is 3. The zero-order chi connectivity index (χ0) is 12.4. The largest absolute Gasteiger partial charge is 0.435 e. The Balaban J connectivity index is 2.08. The summed E-state index contributed by atoms with van der Waals surface area (Å²) in [7, 11) is 0. The molecule has 0 bridgehead atoms. The molecule has 88 valence electrons. The van der Waals surface area contributed by atoms with Crippen LogP contribution in [0.2, 0.25) is 0 Å². The van der Waals surface area contributed by atoms with Crippen LogP contribution in [0.4, 0.5) is 0 Å². The van der Waals surface area contributed by atoms with Crippen LogP contribution in [0.3, 0.4) is 0 Å². The Morgan fingerprint density at radius 3 is 2.94 bits per heavy atom. The lowest BCUT2D eigenvalue weighted by atomic mass is 10.1. The number of oxazole rings is 1. The number of nitrogens with zero attached hydrogens (tertiary/aromatic N) is 2. The van der Waals surface area contributed by atoms with Gasteiger partial charge in [-0.1, -0.05) is 12.1 Å². The SMILES string of the molecule is O=CCc1ccc2nc(-c3ccccn3)oc2c1. The van der Waals surface area contributed by atoms with E-state index < -0.39 is 0 Å². The van der Waals surface area contributed by atoms with Crippen LogP contribution in [-0.4, -0.2) is 16.3 Å². The Bertz CT molecular complexity index is 689. The van der Waals surface area contributed by atoms with E-state index in [1.54, 1.807) is 6.20 Å². The van der Waals surface area contributed by atoms with Crippen molar-refractivity contribution in [3.8, 4) is 11.6 Å². The van der Waals surface area contributed by atoms with Gasteiger partial charge in [-0.3, -0.25) is 4.98 Å². The van der Waals surface area contributed by atoms with Crippen molar-refractivity contribution >= 4 is 17.4 Å². The van der Waals surface area contributed by atoms with Crippen molar-refractivity contribution in [3.05, 3.63) is 48.2 Å². The summed E-state index contributed by atoms with van der Waals surface area (Å²) in [5.41, 5.74) is 3.06. The van der Waals surface area contributed by atoms with E-state index in [1.165, 1.54) is 0 Å². The predicted octanol–water partition coefficient (Wildman–Crippen LogP) is 2.63. The molecule has 0 fully saturated rings. The number of hydrogen-bond acceptors (Lipinski definition) is 4. The molecule has 3 aromatic rings. The molecule has 0 saturated carbocycles. The third kappa shape index (κ3) is 1.88. The minimum absolute atomic E-state index is 0.384. The van der Waals surface area contributed by atoms with Gasteiger partial charge in [0.1, 0.15) is 17.5 Å². The van der Waals surface area contributed by atoms with Gasteiger partial charge in [0.2, 0.25) is 5.89 Å². The Labute approximate surface area is 103 Å². The van der Waals surface area contributed by atoms with E-state index in [-0.39, 0.29) is 0 Å². The molecule has 18 heavy (non-hydrogen) atoms. The van der Waals surface area contributed by atoms with Crippen LogP contribution in [0.15, 0.2) is 47.0 Å². The summed E-state index contributed by atoms with van der Waals surface area (Å²) in [5, 5.41) is 0. The molecule has 4 heteroatoms. The zero-order valence-electron chi connectivity index (χ0n) is 9.54. The highest BCUT2D eigenvalue weighted by Gasteiger charge is 2.09. The molecule has 2 aromatic heterocycles. The van der Waals surface area contributed by atoms with Crippen molar-refractivity contribution in [1.82, 2.24) is 9.97 Å². The molecule has 1 aromatic carbocycles. The fourth-order valence-corrected chi connectivity index (χ4v) is 1.79. The van der Waals surface area contributed by atoms with Gasteiger partial charge >= 0.3 is 0 Å². The highest BCUT2D eigenvalue weighted by atomic mass is 16.3. The maximum absolute atomic E-state index is 10.5. The van der Waals surface area contributed by atoms with Crippen molar-refractivity contribution in [2.75, 3.05) is 0 Å². The first-order valence-corrected chi connectivity index (χ1v) is 5.61. The van der Waals surface area contributed by atoms with Crippen LogP contribution in [0.1, 0.15) is 5.56 Å². The summed E-state index contributed by atoms with van der Waals surface area (Å²) < 4.78 is 5.65. The fourth-order valence-electron chi connectivity index (χ4n) is 1.79. The van der Waals surface area contributed by atoms with E-state index in [0.29, 0.717) is 23.6 Å². The van der Waals surface area contributed by atoms with Crippen LogP contribution >= 0.6 is 0 Å². The fraction of sp³-hybridized carbons (Fsp3) is 0.0714. The van der Waals surface area contributed by atoms with Crippen LogP contribution in [-0.2, 0) is 11.2 Å². The molecule has 0 unspecified atom stereocenters. The van der Waals surface area contributed by atoms with E-state index in [0.717, 1.165) is 17.4 Å². The molecule has 0 spiro atoms.